The maximum Gasteiger partial charge on any atom is 0.322 e. The molecule has 0 amide bonds. The van der Waals surface area contributed by atoms with E-state index in [1.54, 1.807) is 6.92 Å². The SMILES string of the molecule is CC(C)[C@H](c1ccccc1)[C@H](C)OC(=O)[C@H](C)N. The summed E-state index contributed by atoms with van der Waals surface area (Å²) in [6.07, 6.45) is -0.175. The molecule has 0 aromatic heterocycles. The summed E-state index contributed by atoms with van der Waals surface area (Å²) in [6.45, 7) is 7.83. The predicted molar refractivity (Wildman–Crippen MR) is 73.2 cm³/mol. The molecule has 0 saturated carbocycles. The third kappa shape index (κ3) is 3.84. The van der Waals surface area contributed by atoms with Crippen molar-refractivity contribution in [3.05, 3.63) is 35.9 Å². The Morgan fingerprint density at radius 2 is 1.67 bits per heavy atom. The van der Waals surface area contributed by atoms with E-state index in [1.165, 1.54) is 5.56 Å². The predicted octanol–water partition coefficient (Wildman–Crippen LogP) is 2.71. The third-order valence-electron chi connectivity index (χ3n) is 3.08. The minimum absolute atomic E-state index is 0.175. The summed E-state index contributed by atoms with van der Waals surface area (Å²) in [7, 11) is 0. The smallest absolute Gasteiger partial charge is 0.322 e. The van der Waals surface area contributed by atoms with E-state index in [1.807, 2.05) is 25.1 Å². The van der Waals surface area contributed by atoms with Gasteiger partial charge in [0.1, 0.15) is 12.1 Å². The Balaban J connectivity index is 2.83. The highest BCUT2D eigenvalue weighted by Crippen LogP contribution is 2.29. The molecule has 0 heterocycles. The normalized spacial score (nSPS) is 16.1. The number of nitrogens with two attached hydrogens (primary N) is 1. The Hall–Kier alpha value is -1.35. The Kier molecular flexibility index (Phi) is 5.35. The molecule has 0 unspecified atom stereocenters. The van der Waals surface area contributed by atoms with Crippen LogP contribution in [0.3, 0.4) is 0 Å². The molecule has 3 heteroatoms. The van der Waals surface area contributed by atoms with E-state index < -0.39 is 6.04 Å². The summed E-state index contributed by atoms with van der Waals surface area (Å²) in [5.74, 6) is 0.237. The highest BCUT2D eigenvalue weighted by Gasteiger charge is 2.26. The first kappa shape index (κ1) is 14.7. The van der Waals surface area contributed by atoms with Crippen molar-refractivity contribution >= 4 is 5.97 Å². The second kappa shape index (κ2) is 6.55. The molecular formula is C15H23NO2. The van der Waals surface area contributed by atoms with E-state index in [0.29, 0.717) is 5.92 Å². The Bertz CT molecular complexity index is 373. The van der Waals surface area contributed by atoms with Gasteiger partial charge in [-0.3, -0.25) is 4.79 Å². The number of ether oxygens (including phenoxy) is 1. The first-order chi connectivity index (χ1) is 8.43. The number of esters is 1. The topological polar surface area (TPSA) is 52.3 Å². The standard InChI is InChI=1S/C15H23NO2/c1-10(2)14(13-8-6-5-7-9-13)12(4)18-15(17)11(3)16/h5-12,14H,16H2,1-4H3/t11-,12-,14-/m0/s1. The molecule has 0 radical (unpaired) electrons. The van der Waals surface area contributed by atoms with Crippen molar-refractivity contribution in [2.75, 3.05) is 0 Å². The van der Waals surface area contributed by atoms with Crippen LogP contribution in [0.15, 0.2) is 30.3 Å². The highest BCUT2D eigenvalue weighted by atomic mass is 16.5. The first-order valence-electron chi connectivity index (χ1n) is 6.44. The van der Waals surface area contributed by atoms with Gasteiger partial charge in [0.25, 0.3) is 0 Å². The molecular weight excluding hydrogens is 226 g/mol. The summed E-state index contributed by atoms with van der Waals surface area (Å²) in [5.41, 5.74) is 6.72. The lowest BCUT2D eigenvalue weighted by Crippen LogP contribution is -2.34. The van der Waals surface area contributed by atoms with Crippen molar-refractivity contribution in [1.29, 1.82) is 0 Å². The largest absolute Gasteiger partial charge is 0.461 e. The van der Waals surface area contributed by atoms with E-state index in [2.05, 4.69) is 26.0 Å². The van der Waals surface area contributed by atoms with E-state index in [-0.39, 0.29) is 18.0 Å². The van der Waals surface area contributed by atoms with Crippen LogP contribution in [0.2, 0.25) is 0 Å². The van der Waals surface area contributed by atoms with Crippen LogP contribution in [-0.4, -0.2) is 18.1 Å². The van der Waals surface area contributed by atoms with Crippen LogP contribution in [0, 0.1) is 5.92 Å². The van der Waals surface area contributed by atoms with Crippen molar-refractivity contribution in [3.8, 4) is 0 Å². The molecule has 1 aromatic rings. The number of rotatable bonds is 5. The Morgan fingerprint density at radius 3 is 2.11 bits per heavy atom. The van der Waals surface area contributed by atoms with Crippen LogP contribution in [0.1, 0.15) is 39.2 Å². The molecule has 2 N–H and O–H groups in total. The molecule has 1 aromatic carbocycles. The number of hydrogen-bond donors (Lipinski definition) is 1. The monoisotopic (exact) mass is 249 g/mol. The van der Waals surface area contributed by atoms with E-state index in [9.17, 15) is 4.79 Å². The van der Waals surface area contributed by atoms with Crippen molar-refractivity contribution in [3.63, 3.8) is 0 Å². The molecule has 100 valence electrons. The second-order valence-electron chi connectivity index (χ2n) is 5.11. The third-order valence-corrected chi connectivity index (χ3v) is 3.08. The molecule has 0 aliphatic rings. The van der Waals surface area contributed by atoms with Crippen LogP contribution in [0.5, 0.6) is 0 Å². The number of benzene rings is 1. The molecule has 1 rings (SSSR count). The summed E-state index contributed by atoms with van der Waals surface area (Å²) in [5, 5.41) is 0. The fraction of sp³-hybridized carbons (Fsp3) is 0.533. The van der Waals surface area contributed by atoms with Crippen LogP contribution in [0.4, 0.5) is 0 Å². The molecule has 0 fully saturated rings. The molecule has 0 bridgehead atoms. The van der Waals surface area contributed by atoms with E-state index in [0.717, 1.165) is 0 Å². The van der Waals surface area contributed by atoms with Gasteiger partial charge in [0, 0.05) is 5.92 Å². The Labute approximate surface area is 109 Å². The minimum atomic E-state index is -0.573. The van der Waals surface area contributed by atoms with Crippen LogP contribution in [-0.2, 0) is 9.53 Å². The van der Waals surface area contributed by atoms with E-state index in [4.69, 9.17) is 10.5 Å². The summed E-state index contributed by atoms with van der Waals surface area (Å²) in [6, 6.07) is 9.56. The molecule has 3 atom stereocenters. The molecule has 0 spiro atoms. The average Bonchev–Trinajstić information content (AvgIpc) is 2.29. The van der Waals surface area contributed by atoms with Crippen molar-refractivity contribution in [1.82, 2.24) is 0 Å². The maximum absolute atomic E-state index is 11.6. The fourth-order valence-corrected chi connectivity index (χ4v) is 2.24. The number of hydrogen-bond acceptors (Lipinski definition) is 3. The molecule has 0 aliphatic carbocycles. The van der Waals surface area contributed by atoms with Gasteiger partial charge < -0.3 is 10.5 Å². The first-order valence-corrected chi connectivity index (χ1v) is 6.44. The van der Waals surface area contributed by atoms with Crippen LogP contribution >= 0.6 is 0 Å². The lowest BCUT2D eigenvalue weighted by atomic mass is 9.84. The minimum Gasteiger partial charge on any atom is -0.461 e. The van der Waals surface area contributed by atoms with Gasteiger partial charge in [-0.05, 0) is 25.3 Å². The van der Waals surface area contributed by atoms with Gasteiger partial charge in [0.05, 0.1) is 0 Å². The summed E-state index contributed by atoms with van der Waals surface area (Å²) in [4.78, 5) is 11.6. The zero-order valence-electron chi connectivity index (χ0n) is 11.6. The highest BCUT2D eigenvalue weighted by molar-refractivity contribution is 5.75. The summed E-state index contributed by atoms with van der Waals surface area (Å²) >= 11 is 0. The van der Waals surface area contributed by atoms with Gasteiger partial charge in [-0.1, -0.05) is 44.2 Å². The van der Waals surface area contributed by atoms with Gasteiger partial charge >= 0.3 is 5.97 Å². The molecule has 0 aliphatic heterocycles. The van der Waals surface area contributed by atoms with Gasteiger partial charge in [-0.25, -0.2) is 0 Å². The van der Waals surface area contributed by atoms with E-state index >= 15 is 0 Å². The number of carbonyl (C=O) groups excluding carboxylic acids is 1. The number of carbonyl (C=O) groups is 1. The zero-order chi connectivity index (χ0) is 13.7. The van der Waals surface area contributed by atoms with Gasteiger partial charge in [0.2, 0.25) is 0 Å². The fourth-order valence-electron chi connectivity index (χ4n) is 2.24. The lowest BCUT2D eigenvalue weighted by molar-refractivity contribution is -0.151. The Morgan fingerprint density at radius 1 is 1.11 bits per heavy atom. The van der Waals surface area contributed by atoms with Gasteiger partial charge in [-0.15, -0.1) is 0 Å². The van der Waals surface area contributed by atoms with Gasteiger partial charge in [-0.2, -0.15) is 0 Å². The van der Waals surface area contributed by atoms with Crippen molar-refractivity contribution < 1.29 is 9.53 Å². The zero-order valence-corrected chi connectivity index (χ0v) is 11.6. The molecule has 0 saturated heterocycles. The van der Waals surface area contributed by atoms with Crippen LogP contribution in [0.25, 0.3) is 0 Å². The maximum atomic E-state index is 11.6. The van der Waals surface area contributed by atoms with Gasteiger partial charge in [0.15, 0.2) is 0 Å². The van der Waals surface area contributed by atoms with Crippen molar-refractivity contribution in [2.45, 2.75) is 45.8 Å². The lowest BCUT2D eigenvalue weighted by Gasteiger charge is -2.28. The van der Waals surface area contributed by atoms with Crippen molar-refractivity contribution in [2.24, 2.45) is 11.7 Å². The summed E-state index contributed by atoms with van der Waals surface area (Å²) < 4.78 is 5.43. The molecule has 3 nitrogen and oxygen atoms in total. The second-order valence-corrected chi connectivity index (χ2v) is 5.11. The van der Waals surface area contributed by atoms with Crippen LogP contribution < -0.4 is 5.73 Å². The average molecular weight is 249 g/mol. The quantitative estimate of drug-likeness (QED) is 0.816. The molecule has 18 heavy (non-hydrogen) atoms.